The summed E-state index contributed by atoms with van der Waals surface area (Å²) in [5, 5.41) is 2.81. The van der Waals surface area contributed by atoms with Crippen molar-refractivity contribution in [3.8, 4) is 5.75 Å². The minimum atomic E-state index is -0.426. The van der Waals surface area contributed by atoms with Crippen LogP contribution in [0.5, 0.6) is 5.75 Å². The van der Waals surface area contributed by atoms with Crippen LogP contribution in [0.25, 0.3) is 0 Å². The second-order valence-electron chi connectivity index (χ2n) is 3.13. The van der Waals surface area contributed by atoms with Crippen LogP contribution in [0, 0.1) is 5.82 Å². The highest BCUT2D eigenvalue weighted by Gasteiger charge is 2.04. The van der Waals surface area contributed by atoms with Crippen LogP contribution in [0.2, 0.25) is 0 Å². The lowest BCUT2D eigenvalue weighted by atomic mass is 10.3. The zero-order valence-corrected chi connectivity index (χ0v) is 8.84. The van der Waals surface area contributed by atoms with E-state index in [-0.39, 0.29) is 18.1 Å². The van der Waals surface area contributed by atoms with Gasteiger partial charge in [-0.05, 0) is 26.0 Å². The molecule has 3 nitrogen and oxygen atoms in total. The zero-order valence-electron chi connectivity index (χ0n) is 8.84. The molecule has 0 saturated carbocycles. The van der Waals surface area contributed by atoms with Crippen LogP contribution in [0.4, 0.5) is 10.1 Å². The summed E-state index contributed by atoms with van der Waals surface area (Å²) in [6.45, 7) is 3.89. The number of anilines is 1. The maximum atomic E-state index is 13.3. The monoisotopic (exact) mass is 211 g/mol. The highest BCUT2D eigenvalue weighted by Crippen LogP contribution is 2.20. The molecule has 0 saturated heterocycles. The van der Waals surface area contributed by atoms with Crippen molar-refractivity contribution in [1.29, 1.82) is 0 Å². The van der Waals surface area contributed by atoms with Crippen molar-refractivity contribution < 1.29 is 13.9 Å². The van der Waals surface area contributed by atoms with Gasteiger partial charge in [0, 0.05) is 11.8 Å². The number of rotatable bonds is 5. The number of nitrogens with one attached hydrogen (secondary N) is 1. The predicted molar refractivity (Wildman–Crippen MR) is 56.7 cm³/mol. The van der Waals surface area contributed by atoms with Crippen LogP contribution in [0.3, 0.4) is 0 Å². The third kappa shape index (κ3) is 3.58. The highest BCUT2D eigenvalue weighted by molar-refractivity contribution is 5.80. The number of hydrogen-bond acceptors (Lipinski definition) is 3. The molecule has 0 fully saturated rings. The highest BCUT2D eigenvalue weighted by atomic mass is 19.1. The number of hydrogen-bond donors (Lipinski definition) is 1. The van der Waals surface area contributed by atoms with Crippen LogP contribution in [0.15, 0.2) is 18.2 Å². The van der Waals surface area contributed by atoms with E-state index in [9.17, 15) is 9.18 Å². The number of ether oxygens (including phenoxy) is 1. The number of halogens is 1. The minimum absolute atomic E-state index is 0.00397. The summed E-state index contributed by atoms with van der Waals surface area (Å²) in [5.74, 6) is -0.194. The van der Waals surface area contributed by atoms with Gasteiger partial charge in [0.15, 0.2) is 11.6 Å². The summed E-state index contributed by atoms with van der Waals surface area (Å²) in [6, 6.07) is 4.53. The summed E-state index contributed by atoms with van der Waals surface area (Å²) in [4.78, 5) is 10.7. The third-order valence-corrected chi connectivity index (χ3v) is 1.77. The number of Topliss-reactive ketones (excluding diaryl/α,β-unsaturated/α-hetero) is 1. The molecule has 1 aromatic rings. The van der Waals surface area contributed by atoms with E-state index in [0.29, 0.717) is 12.3 Å². The maximum absolute atomic E-state index is 13.3. The molecule has 15 heavy (non-hydrogen) atoms. The number of ketones is 1. The standard InChI is InChI=1S/C11H14FNO2/c1-3-15-11-5-4-9(6-10(11)12)13-7-8(2)14/h4-6,13H,3,7H2,1-2H3. The molecule has 82 valence electrons. The number of carbonyl (C=O) groups is 1. The average Bonchev–Trinajstić information content (AvgIpc) is 2.19. The molecule has 0 atom stereocenters. The Hall–Kier alpha value is -1.58. The van der Waals surface area contributed by atoms with Gasteiger partial charge in [-0.3, -0.25) is 4.79 Å². The van der Waals surface area contributed by atoms with Crippen LogP contribution in [-0.2, 0) is 4.79 Å². The molecule has 0 aliphatic carbocycles. The Labute approximate surface area is 88.2 Å². The SMILES string of the molecule is CCOc1ccc(NCC(C)=O)cc1F. The van der Waals surface area contributed by atoms with Crippen LogP contribution >= 0.6 is 0 Å². The van der Waals surface area contributed by atoms with E-state index in [1.807, 2.05) is 0 Å². The molecule has 0 amide bonds. The van der Waals surface area contributed by atoms with E-state index in [4.69, 9.17) is 4.74 Å². The summed E-state index contributed by atoms with van der Waals surface area (Å²) < 4.78 is 18.4. The quantitative estimate of drug-likeness (QED) is 0.811. The summed E-state index contributed by atoms with van der Waals surface area (Å²) in [5.41, 5.74) is 0.575. The van der Waals surface area contributed by atoms with Gasteiger partial charge < -0.3 is 10.1 Å². The first-order valence-corrected chi connectivity index (χ1v) is 4.79. The van der Waals surface area contributed by atoms with Gasteiger partial charge in [0.1, 0.15) is 5.78 Å². The molecular weight excluding hydrogens is 197 g/mol. The molecule has 0 aromatic heterocycles. The first kappa shape index (κ1) is 11.5. The molecule has 0 heterocycles. The second-order valence-corrected chi connectivity index (χ2v) is 3.13. The largest absolute Gasteiger partial charge is 0.491 e. The summed E-state index contributed by atoms with van der Waals surface area (Å²) in [6.07, 6.45) is 0. The number of carbonyl (C=O) groups excluding carboxylic acids is 1. The molecule has 0 aliphatic rings. The Bertz CT molecular complexity index is 352. The first-order valence-electron chi connectivity index (χ1n) is 4.79. The van der Waals surface area contributed by atoms with E-state index in [1.165, 1.54) is 13.0 Å². The van der Waals surface area contributed by atoms with E-state index < -0.39 is 5.82 Å². The molecule has 0 radical (unpaired) electrons. The fraction of sp³-hybridized carbons (Fsp3) is 0.364. The third-order valence-electron chi connectivity index (χ3n) is 1.77. The molecular formula is C11H14FNO2. The van der Waals surface area contributed by atoms with Crippen LogP contribution in [-0.4, -0.2) is 18.9 Å². The van der Waals surface area contributed by atoms with Crippen molar-refractivity contribution in [2.75, 3.05) is 18.5 Å². The molecule has 4 heteroatoms. The normalized spacial score (nSPS) is 9.80. The van der Waals surface area contributed by atoms with E-state index in [2.05, 4.69) is 5.32 Å². The lowest BCUT2D eigenvalue weighted by molar-refractivity contribution is -0.115. The molecule has 0 bridgehead atoms. The van der Waals surface area contributed by atoms with Gasteiger partial charge in [-0.15, -0.1) is 0 Å². The van der Waals surface area contributed by atoms with Crippen molar-refractivity contribution in [3.63, 3.8) is 0 Å². The molecule has 1 aromatic carbocycles. The fourth-order valence-electron chi connectivity index (χ4n) is 1.11. The Morgan fingerprint density at radius 1 is 1.53 bits per heavy atom. The van der Waals surface area contributed by atoms with E-state index in [1.54, 1.807) is 19.1 Å². The van der Waals surface area contributed by atoms with E-state index in [0.717, 1.165) is 0 Å². The fourth-order valence-corrected chi connectivity index (χ4v) is 1.11. The molecule has 0 unspecified atom stereocenters. The van der Waals surface area contributed by atoms with Crippen molar-refractivity contribution in [1.82, 2.24) is 0 Å². The van der Waals surface area contributed by atoms with E-state index >= 15 is 0 Å². The maximum Gasteiger partial charge on any atom is 0.167 e. The minimum Gasteiger partial charge on any atom is -0.491 e. The Morgan fingerprint density at radius 2 is 2.27 bits per heavy atom. The molecule has 1 N–H and O–H groups in total. The predicted octanol–water partition coefficient (Wildman–Crippen LogP) is 2.23. The van der Waals surface area contributed by atoms with Gasteiger partial charge in [0.25, 0.3) is 0 Å². The number of benzene rings is 1. The van der Waals surface area contributed by atoms with Gasteiger partial charge in [-0.25, -0.2) is 4.39 Å². The Balaban J connectivity index is 2.68. The van der Waals surface area contributed by atoms with Gasteiger partial charge in [0.05, 0.1) is 13.2 Å². The summed E-state index contributed by atoms with van der Waals surface area (Å²) >= 11 is 0. The molecule has 0 spiro atoms. The lowest BCUT2D eigenvalue weighted by Crippen LogP contribution is -2.09. The average molecular weight is 211 g/mol. The van der Waals surface area contributed by atoms with Crippen molar-refractivity contribution in [3.05, 3.63) is 24.0 Å². The van der Waals surface area contributed by atoms with Gasteiger partial charge >= 0.3 is 0 Å². The Kier molecular flexibility index (Phi) is 4.09. The van der Waals surface area contributed by atoms with Gasteiger partial charge in [-0.1, -0.05) is 0 Å². The first-order chi connectivity index (χ1) is 7.13. The Morgan fingerprint density at radius 3 is 2.80 bits per heavy atom. The van der Waals surface area contributed by atoms with Crippen molar-refractivity contribution in [2.45, 2.75) is 13.8 Å². The van der Waals surface area contributed by atoms with Crippen LogP contribution < -0.4 is 10.1 Å². The van der Waals surface area contributed by atoms with Crippen molar-refractivity contribution in [2.24, 2.45) is 0 Å². The van der Waals surface area contributed by atoms with Crippen LogP contribution in [0.1, 0.15) is 13.8 Å². The summed E-state index contributed by atoms with van der Waals surface area (Å²) in [7, 11) is 0. The second kappa shape index (κ2) is 5.34. The smallest absolute Gasteiger partial charge is 0.167 e. The lowest BCUT2D eigenvalue weighted by Gasteiger charge is -2.07. The van der Waals surface area contributed by atoms with Gasteiger partial charge in [-0.2, -0.15) is 0 Å². The van der Waals surface area contributed by atoms with Gasteiger partial charge in [0.2, 0.25) is 0 Å². The topological polar surface area (TPSA) is 38.3 Å². The molecule has 1 rings (SSSR count). The zero-order chi connectivity index (χ0) is 11.3. The molecule has 0 aliphatic heterocycles. The van der Waals surface area contributed by atoms with Crippen molar-refractivity contribution >= 4 is 11.5 Å².